The summed E-state index contributed by atoms with van der Waals surface area (Å²) in [5.74, 6) is 1.81. The Kier molecular flexibility index (Phi) is 4.60. The van der Waals surface area contributed by atoms with Crippen molar-refractivity contribution in [2.24, 2.45) is 0 Å². The van der Waals surface area contributed by atoms with Gasteiger partial charge in [-0.25, -0.2) is 9.97 Å². The number of rotatable bonds is 2. The van der Waals surface area contributed by atoms with Gasteiger partial charge in [0, 0.05) is 23.8 Å². The van der Waals surface area contributed by atoms with E-state index in [4.69, 9.17) is 0 Å². The van der Waals surface area contributed by atoms with Gasteiger partial charge in [0.25, 0.3) is 0 Å². The molecule has 0 radical (unpaired) electrons. The van der Waals surface area contributed by atoms with Crippen LogP contribution in [0.15, 0.2) is 60.9 Å². The van der Waals surface area contributed by atoms with Crippen molar-refractivity contribution in [1.82, 2.24) is 9.97 Å². The summed E-state index contributed by atoms with van der Waals surface area (Å²) in [6.45, 7) is 14.2. The van der Waals surface area contributed by atoms with Crippen LogP contribution < -0.4 is 9.80 Å². The summed E-state index contributed by atoms with van der Waals surface area (Å²) >= 11 is 0. The standard InChI is InChI=1S/C25H30N4/c1-24(2,3)18-9-7-11-20(15-18)28-17-29(23-22(28)26-13-14-27-23)21-12-8-10-19(16-21)25(4,5)6/h7-16H,17H2,1-6H3. The number of benzene rings is 2. The van der Waals surface area contributed by atoms with E-state index in [9.17, 15) is 0 Å². The highest BCUT2D eigenvalue weighted by molar-refractivity contribution is 5.82. The smallest absolute Gasteiger partial charge is 0.178 e. The molecule has 0 bridgehead atoms. The summed E-state index contributed by atoms with van der Waals surface area (Å²) in [6.07, 6.45) is 3.54. The van der Waals surface area contributed by atoms with Crippen LogP contribution in [-0.2, 0) is 10.8 Å². The van der Waals surface area contributed by atoms with Crippen LogP contribution in [0.25, 0.3) is 0 Å². The molecule has 0 aliphatic carbocycles. The molecule has 1 aliphatic heterocycles. The molecule has 0 N–H and O–H groups in total. The van der Waals surface area contributed by atoms with E-state index < -0.39 is 0 Å². The molecular formula is C25H30N4. The van der Waals surface area contributed by atoms with Crippen molar-refractivity contribution in [3.63, 3.8) is 0 Å². The van der Waals surface area contributed by atoms with Gasteiger partial charge in [0.1, 0.15) is 6.67 Å². The molecule has 1 aromatic heterocycles. The van der Waals surface area contributed by atoms with Crippen molar-refractivity contribution in [3.05, 3.63) is 72.1 Å². The van der Waals surface area contributed by atoms with Crippen LogP contribution in [0.5, 0.6) is 0 Å². The molecule has 1 aliphatic rings. The Labute approximate surface area is 174 Å². The molecule has 3 aromatic rings. The number of hydrogen-bond acceptors (Lipinski definition) is 4. The summed E-state index contributed by atoms with van der Waals surface area (Å²) in [6, 6.07) is 17.5. The Hall–Kier alpha value is -2.88. The second kappa shape index (κ2) is 6.87. The molecule has 0 saturated carbocycles. The summed E-state index contributed by atoms with van der Waals surface area (Å²) in [5.41, 5.74) is 5.12. The van der Waals surface area contributed by atoms with E-state index >= 15 is 0 Å². The van der Waals surface area contributed by atoms with E-state index in [-0.39, 0.29) is 10.8 Å². The lowest BCUT2D eigenvalue weighted by Crippen LogP contribution is -2.25. The van der Waals surface area contributed by atoms with E-state index in [2.05, 4.69) is 110 Å². The molecule has 4 nitrogen and oxygen atoms in total. The summed E-state index contributed by atoms with van der Waals surface area (Å²) < 4.78 is 0. The van der Waals surface area contributed by atoms with Gasteiger partial charge >= 0.3 is 0 Å². The number of aromatic nitrogens is 2. The quantitative estimate of drug-likeness (QED) is 0.516. The first kappa shape index (κ1) is 19.4. The second-order valence-corrected chi connectivity index (χ2v) is 9.80. The third-order valence-corrected chi connectivity index (χ3v) is 5.50. The molecule has 2 heterocycles. The summed E-state index contributed by atoms with van der Waals surface area (Å²) in [5, 5.41) is 0. The van der Waals surface area contributed by atoms with Gasteiger partial charge in [-0.15, -0.1) is 0 Å². The fourth-order valence-electron chi connectivity index (χ4n) is 3.67. The molecular weight excluding hydrogens is 356 g/mol. The molecule has 0 unspecified atom stereocenters. The van der Waals surface area contributed by atoms with Gasteiger partial charge in [0.15, 0.2) is 11.6 Å². The maximum Gasteiger partial charge on any atom is 0.178 e. The van der Waals surface area contributed by atoms with Gasteiger partial charge in [0.2, 0.25) is 0 Å². The Balaban J connectivity index is 1.76. The lowest BCUT2D eigenvalue weighted by molar-refractivity contribution is 0.590. The van der Waals surface area contributed by atoms with Crippen LogP contribution in [0.2, 0.25) is 0 Å². The summed E-state index contributed by atoms with van der Waals surface area (Å²) in [4.78, 5) is 13.9. The van der Waals surface area contributed by atoms with Gasteiger partial charge in [-0.05, 0) is 46.2 Å². The highest BCUT2D eigenvalue weighted by Crippen LogP contribution is 2.42. The van der Waals surface area contributed by atoms with Crippen molar-refractivity contribution >= 4 is 23.0 Å². The zero-order chi connectivity index (χ0) is 20.8. The van der Waals surface area contributed by atoms with Crippen molar-refractivity contribution < 1.29 is 0 Å². The number of anilines is 4. The van der Waals surface area contributed by atoms with Crippen LogP contribution in [0.1, 0.15) is 52.7 Å². The van der Waals surface area contributed by atoms with Crippen LogP contribution in [0, 0.1) is 0 Å². The first-order valence-corrected chi connectivity index (χ1v) is 10.2. The molecule has 0 spiro atoms. The minimum Gasteiger partial charge on any atom is -0.305 e. The van der Waals surface area contributed by atoms with Crippen LogP contribution in [-0.4, -0.2) is 16.6 Å². The Bertz CT molecular complexity index is 945. The van der Waals surface area contributed by atoms with Crippen molar-refractivity contribution in [2.75, 3.05) is 16.5 Å². The molecule has 0 amide bonds. The molecule has 0 atom stereocenters. The normalized spacial score (nSPS) is 14.3. The maximum atomic E-state index is 4.68. The van der Waals surface area contributed by atoms with Crippen LogP contribution in [0.4, 0.5) is 23.0 Å². The van der Waals surface area contributed by atoms with Gasteiger partial charge in [-0.1, -0.05) is 65.8 Å². The molecule has 0 fully saturated rings. The molecule has 2 aromatic carbocycles. The first-order chi connectivity index (χ1) is 13.6. The average Bonchev–Trinajstić information content (AvgIpc) is 3.07. The average molecular weight is 387 g/mol. The lowest BCUT2D eigenvalue weighted by atomic mass is 9.87. The zero-order valence-corrected chi connectivity index (χ0v) is 18.3. The minimum absolute atomic E-state index is 0.0989. The first-order valence-electron chi connectivity index (χ1n) is 10.2. The fourth-order valence-corrected chi connectivity index (χ4v) is 3.67. The van der Waals surface area contributed by atoms with Crippen molar-refractivity contribution in [2.45, 2.75) is 52.4 Å². The van der Waals surface area contributed by atoms with Crippen LogP contribution >= 0.6 is 0 Å². The number of hydrogen-bond donors (Lipinski definition) is 0. The van der Waals surface area contributed by atoms with E-state index in [1.807, 2.05) is 0 Å². The predicted molar refractivity (Wildman–Crippen MR) is 121 cm³/mol. The van der Waals surface area contributed by atoms with Gasteiger partial charge in [0.05, 0.1) is 0 Å². The number of fused-ring (bicyclic) bond motifs is 1. The van der Waals surface area contributed by atoms with E-state index in [1.54, 1.807) is 12.4 Å². The van der Waals surface area contributed by atoms with Crippen molar-refractivity contribution in [3.8, 4) is 0 Å². The van der Waals surface area contributed by atoms with Gasteiger partial charge in [-0.2, -0.15) is 0 Å². The fraction of sp³-hybridized carbons (Fsp3) is 0.360. The van der Waals surface area contributed by atoms with E-state index in [1.165, 1.54) is 11.1 Å². The zero-order valence-electron chi connectivity index (χ0n) is 18.3. The second-order valence-electron chi connectivity index (χ2n) is 9.80. The highest BCUT2D eigenvalue weighted by atomic mass is 15.4. The summed E-state index contributed by atoms with van der Waals surface area (Å²) in [7, 11) is 0. The molecule has 4 heteroatoms. The lowest BCUT2D eigenvalue weighted by Gasteiger charge is -2.25. The van der Waals surface area contributed by atoms with E-state index in [0.29, 0.717) is 6.67 Å². The third kappa shape index (κ3) is 3.71. The largest absolute Gasteiger partial charge is 0.305 e. The van der Waals surface area contributed by atoms with Crippen molar-refractivity contribution in [1.29, 1.82) is 0 Å². The van der Waals surface area contributed by atoms with E-state index in [0.717, 1.165) is 23.0 Å². The van der Waals surface area contributed by atoms with Gasteiger partial charge < -0.3 is 9.80 Å². The SMILES string of the molecule is CC(C)(C)c1cccc(N2CN(c3cccc(C(C)(C)C)c3)c3nccnc32)c1. The molecule has 4 rings (SSSR count). The van der Waals surface area contributed by atoms with Crippen LogP contribution in [0.3, 0.4) is 0 Å². The van der Waals surface area contributed by atoms with Gasteiger partial charge in [-0.3, -0.25) is 0 Å². The Morgan fingerprint density at radius 1 is 0.655 bits per heavy atom. The number of nitrogens with zero attached hydrogens (tertiary/aromatic N) is 4. The molecule has 29 heavy (non-hydrogen) atoms. The third-order valence-electron chi connectivity index (χ3n) is 5.50. The molecule has 0 saturated heterocycles. The predicted octanol–water partition coefficient (Wildman–Crippen LogP) is 6.32. The molecule has 150 valence electrons. The maximum absolute atomic E-state index is 4.68. The minimum atomic E-state index is 0.0989. The topological polar surface area (TPSA) is 32.3 Å². The Morgan fingerprint density at radius 2 is 1.07 bits per heavy atom. The highest BCUT2D eigenvalue weighted by Gasteiger charge is 2.31. The Morgan fingerprint density at radius 3 is 1.45 bits per heavy atom. The monoisotopic (exact) mass is 386 g/mol.